The number of hydrogen-bond donors (Lipinski definition) is 1. The monoisotopic (exact) mass is 427 g/mol. The maximum Gasteiger partial charge on any atom is 0.273 e. The lowest BCUT2D eigenvalue weighted by atomic mass is 10.1. The summed E-state index contributed by atoms with van der Waals surface area (Å²) in [4.78, 5) is 10.5. The van der Waals surface area contributed by atoms with Gasteiger partial charge in [-0.05, 0) is 43.2 Å². The molecule has 8 nitrogen and oxygen atoms in total. The van der Waals surface area contributed by atoms with Crippen LogP contribution in [0.3, 0.4) is 0 Å². The fourth-order valence-electron chi connectivity index (χ4n) is 3.05. The standard InChI is InChI=1S/C18H21N3O5S.ClH/c1-13-9-14(2)11-16(10-13)26-17-12-15(21(22)23)3-4-18(17)27(24,25)20-7-5-19-6-8-20;/h3-4,9-12,19H,5-8H2,1-2H3;1H. The topological polar surface area (TPSA) is 102 Å². The Balaban J connectivity index is 0.00000280. The maximum atomic E-state index is 13.1. The van der Waals surface area contributed by atoms with Gasteiger partial charge in [0, 0.05) is 32.2 Å². The third-order valence-electron chi connectivity index (χ3n) is 4.25. The van der Waals surface area contributed by atoms with Crippen LogP contribution >= 0.6 is 12.4 Å². The minimum absolute atomic E-state index is 0. The van der Waals surface area contributed by atoms with Gasteiger partial charge in [-0.15, -0.1) is 12.4 Å². The molecule has 0 bridgehead atoms. The van der Waals surface area contributed by atoms with Crippen molar-refractivity contribution in [1.82, 2.24) is 9.62 Å². The van der Waals surface area contributed by atoms with Crippen LogP contribution < -0.4 is 10.1 Å². The van der Waals surface area contributed by atoms with Crippen LogP contribution in [0.1, 0.15) is 11.1 Å². The number of aryl methyl sites for hydroxylation is 2. The highest BCUT2D eigenvalue weighted by Crippen LogP contribution is 2.34. The molecule has 0 unspecified atom stereocenters. The van der Waals surface area contributed by atoms with Crippen molar-refractivity contribution in [1.29, 1.82) is 0 Å². The van der Waals surface area contributed by atoms with Gasteiger partial charge in [-0.2, -0.15) is 4.31 Å². The van der Waals surface area contributed by atoms with Crippen LogP contribution in [0.2, 0.25) is 0 Å². The molecule has 0 radical (unpaired) electrons. The maximum absolute atomic E-state index is 13.1. The summed E-state index contributed by atoms with van der Waals surface area (Å²) in [5.41, 5.74) is 1.66. The molecule has 3 rings (SSSR count). The van der Waals surface area contributed by atoms with Gasteiger partial charge in [-0.25, -0.2) is 8.42 Å². The van der Waals surface area contributed by atoms with Crippen molar-refractivity contribution < 1.29 is 18.1 Å². The number of nitro benzene ring substituents is 1. The van der Waals surface area contributed by atoms with E-state index in [9.17, 15) is 18.5 Å². The highest BCUT2D eigenvalue weighted by molar-refractivity contribution is 7.89. The molecule has 0 aromatic heterocycles. The van der Waals surface area contributed by atoms with E-state index in [2.05, 4.69) is 5.32 Å². The smallest absolute Gasteiger partial charge is 0.273 e. The highest BCUT2D eigenvalue weighted by Gasteiger charge is 2.30. The SMILES string of the molecule is Cc1cc(C)cc(Oc2cc([N+](=O)[O-])ccc2S(=O)(=O)N2CCNCC2)c1.Cl. The van der Waals surface area contributed by atoms with E-state index in [0.717, 1.165) is 17.2 Å². The molecule has 1 fully saturated rings. The average molecular weight is 428 g/mol. The Morgan fingerprint density at radius 3 is 2.25 bits per heavy atom. The van der Waals surface area contributed by atoms with Crippen LogP contribution in [-0.4, -0.2) is 43.8 Å². The van der Waals surface area contributed by atoms with Gasteiger partial charge < -0.3 is 10.1 Å². The number of benzene rings is 2. The van der Waals surface area contributed by atoms with E-state index in [4.69, 9.17) is 4.74 Å². The Morgan fingerprint density at radius 1 is 1.07 bits per heavy atom. The van der Waals surface area contributed by atoms with E-state index in [1.54, 1.807) is 12.1 Å². The van der Waals surface area contributed by atoms with Crippen molar-refractivity contribution in [3.63, 3.8) is 0 Å². The lowest BCUT2D eigenvalue weighted by Gasteiger charge is -2.27. The summed E-state index contributed by atoms with van der Waals surface area (Å²) < 4.78 is 33.3. The number of ether oxygens (including phenoxy) is 1. The fourth-order valence-corrected chi connectivity index (χ4v) is 4.58. The van der Waals surface area contributed by atoms with Crippen molar-refractivity contribution in [2.24, 2.45) is 0 Å². The Bertz CT molecular complexity index is 955. The molecule has 1 heterocycles. The molecule has 152 valence electrons. The van der Waals surface area contributed by atoms with E-state index in [1.807, 2.05) is 19.9 Å². The normalized spacial score (nSPS) is 14.9. The number of hydrogen-bond acceptors (Lipinski definition) is 6. The van der Waals surface area contributed by atoms with Crippen LogP contribution in [0, 0.1) is 24.0 Å². The summed E-state index contributed by atoms with van der Waals surface area (Å²) in [6, 6.07) is 9.06. The van der Waals surface area contributed by atoms with E-state index in [-0.39, 0.29) is 28.7 Å². The number of rotatable bonds is 5. The molecule has 1 aliphatic heterocycles. The largest absolute Gasteiger partial charge is 0.456 e. The summed E-state index contributed by atoms with van der Waals surface area (Å²) >= 11 is 0. The Hall–Kier alpha value is -2.20. The van der Waals surface area contributed by atoms with Crippen molar-refractivity contribution in [2.75, 3.05) is 26.2 Å². The first-order valence-corrected chi connectivity index (χ1v) is 9.97. The molecule has 1 N–H and O–H groups in total. The number of halogens is 1. The Morgan fingerprint density at radius 2 is 1.68 bits per heavy atom. The molecule has 1 aliphatic rings. The summed E-state index contributed by atoms with van der Waals surface area (Å²) in [5, 5.41) is 14.3. The van der Waals surface area contributed by atoms with Crippen LogP contribution in [0.4, 0.5) is 5.69 Å². The number of nitrogens with one attached hydrogen (secondary N) is 1. The molecule has 2 aromatic rings. The number of nitro groups is 1. The van der Waals surface area contributed by atoms with Crippen molar-refractivity contribution >= 4 is 28.1 Å². The second-order valence-corrected chi connectivity index (χ2v) is 8.37. The minimum Gasteiger partial charge on any atom is -0.456 e. The Kier molecular flexibility index (Phi) is 7.00. The number of non-ortho nitro benzene ring substituents is 1. The van der Waals surface area contributed by atoms with Gasteiger partial charge >= 0.3 is 0 Å². The van der Waals surface area contributed by atoms with Gasteiger partial charge in [0.15, 0.2) is 5.75 Å². The molecule has 2 aromatic carbocycles. The first kappa shape index (κ1) is 22.1. The quantitative estimate of drug-likeness (QED) is 0.581. The zero-order valence-electron chi connectivity index (χ0n) is 15.5. The second-order valence-electron chi connectivity index (χ2n) is 6.47. The van der Waals surface area contributed by atoms with Gasteiger partial charge in [-0.1, -0.05) is 6.07 Å². The Labute approximate surface area is 170 Å². The molecular weight excluding hydrogens is 406 g/mol. The zero-order valence-corrected chi connectivity index (χ0v) is 17.2. The minimum atomic E-state index is -3.83. The van der Waals surface area contributed by atoms with Crippen molar-refractivity contribution in [3.05, 3.63) is 57.6 Å². The molecule has 0 saturated carbocycles. The summed E-state index contributed by atoms with van der Waals surface area (Å²) in [6.45, 7) is 5.57. The predicted octanol–water partition coefficient (Wildman–Crippen LogP) is 3.02. The molecule has 0 amide bonds. The third-order valence-corrected chi connectivity index (χ3v) is 6.19. The highest BCUT2D eigenvalue weighted by atomic mass is 35.5. The van der Waals surface area contributed by atoms with E-state index >= 15 is 0 Å². The van der Waals surface area contributed by atoms with Crippen LogP contribution in [0.5, 0.6) is 11.5 Å². The van der Waals surface area contributed by atoms with Crippen LogP contribution in [-0.2, 0) is 10.0 Å². The molecule has 0 atom stereocenters. The molecule has 0 spiro atoms. The lowest BCUT2D eigenvalue weighted by Crippen LogP contribution is -2.46. The van der Waals surface area contributed by atoms with E-state index in [1.165, 1.54) is 16.4 Å². The van der Waals surface area contributed by atoms with Gasteiger partial charge in [-0.3, -0.25) is 10.1 Å². The average Bonchev–Trinajstić information content (AvgIpc) is 2.61. The second kappa shape index (κ2) is 8.87. The number of piperazine rings is 1. The molecule has 0 aliphatic carbocycles. The van der Waals surface area contributed by atoms with Crippen molar-refractivity contribution in [3.8, 4) is 11.5 Å². The van der Waals surface area contributed by atoms with Gasteiger partial charge in [0.05, 0.1) is 11.0 Å². The molecule has 28 heavy (non-hydrogen) atoms. The van der Waals surface area contributed by atoms with Crippen LogP contribution in [0.25, 0.3) is 0 Å². The lowest BCUT2D eigenvalue weighted by molar-refractivity contribution is -0.385. The summed E-state index contributed by atoms with van der Waals surface area (Å²) in [7, 11) is -3.83. The predicted molar refractivity (Wildman–Crippen MR) is 108 cm³/mol. The number of nitrogens with zero attached hydrogens (tertiary/aromatic N) is 2. The van der Waals surface area contributed by atoms with Gasteiger partial charge in [0.2, 0.25) is 10.0 Å². The molecule has 10 heteroatoms. The summed E-state index contributed by atoms with van der Waals surface area (Å²) in [6.07, 6.45) is 0. The van der Waals surface area contributed by atoms with Gasteiger partial charge in [0.1, 0.15) is 10.6 Å². The first-order valence-electron chi connectivity index (χ1n) is 8.53. The van der Waals surface area contributed by atoms with Crippen LogP contribution in [0.15, 0.2) is 41.3 Å². The molecular formula is C18H22ClN3O5S. The van der Waals surface area contributed by atoms with E-state index < -0.39 is 14.9 Å². The third kappa shape index (κ3) is 4.79. The zero-order chi connectivity index (χ0) is 19.6. The fraction of sp³-hybridized carbons (Fsp3) is 0.333. The first-order chi connectivity index (χ1) is 12.8. The van der Waals surface area contributed by atoms with E-state index in [0.29, 0.717) is 31.9 Å². The number of sulfonamides is 1. The summed E-state index contributed by atoms with van der Waals surface area (Å²) in [5.74, 6) is 0.387. The van der Waals surface area contributed by atoms with Gasteiger partial charge in [0.25, 0.3) is 5.69 Å². The molecule has 1 saturated heterocycles. The van der Waals surface area contributed by atoms with Crippen molar-refractivity contribution in [2.45, 2.75) is 18.7 Å².